The van der Waals surface area contributed by atoms with Gasteiger partial charge in [0.25, 0.3) is 5.91 Å². The first-order valence-corrected chi connectivity index (χ1v) is 4.73. The predicted molar refractivity (Wildman–Crippen MR) is 54.9 cm³/mol. The average molecular weight is 212 g/mol. The van der Waals surface area contributed by atoms with E-state index < -0.39 is 6.10 Å². The van der Waals surface area contributed by atoms with Crippen LogP contribution in [0.4, 0.5) is 5.69 Å². The molecule has 0 bridgehead atoms. The Morgan fingerprint density at radius 3 is 2.93 bits per heavy atom. The number of aryl methyl sites for hydroxylation is 1. The maximum atomic E-state index is 11.3. The lowest BCUT2D eigenvalue weighted by molar-refractivity contribution is -0.122. The van der Waals surface area contributed by atoms with Gasteiger partial charge in [-0.05, 0) is 25.5 Å². The van der Waals surface area contributed by atoms with E-state index in [1.165, 1.54) is 0 Å². The van der Waals surface area contributed by atoms with Gasteiger partial charge in [0.15, 0.2) is 6.10 Å². The van der Waals surface area contributed by atoms with Crippen LogP contribution in [0.25, 0.3) is 0 Å². The highest BCUT2D eigenvalue weighted by atomic mass is 35.5. The fourth-order valence-corrected chi connectivity index (χ4v) is 1.49. The van der Waals surface area contributed by atoms with Gasteiger partial charge in [-0.1, -0.05) is 11.6 Å². The molecule has 3 nitrogen and oxygen atoms in total. The van der Waals surface area contributed by atoms with Crippen molar-refractivity contribution < 1.29 is 9.53 Å². The van der Waals surface area contributed by atoms with E-state index in [0.29, 0.717) is 16.5 Å². The Kier molecular flexibility index (Phi) is 2.11. The molecule has 0 aromatic heterocycles. The summed E-state index contributed by atoms with van der Waals surface area (Å²) >= 11 is 5.94. The molecule has 1 N–H and O–H groups in total. The lowest BCUT2D eigenvalue weighted by atomic mass is 10.1. The van der Waals surface area contributed by atoms with Crippen LogP contribution >= 0.6 is 11.6 Å². The van der Waals surface area contributed by atoms with E-state index in [9.17, 15) is 4.79 Å². The van der Waals surface area contributed by atoms with Crippen LogP contribution in [0.15, 0.2) is 12.1 Å². The van der Waals surface area contributed by atoms with Crippen molar-refractivity contribution in [2.24, 2.45) is 0 Å². The third-order valence-electron chi connectivity index (χ3n) is 2.19. The molecule has 1 aliphatic rings. The third kappa shape index (κ3) is 1.44. The lowest BCUT2D eigenvalue weighted by Crippen LogP contribution is -2.34. The molecule has 1 heterocycles. The number of hydrogen-bond donors (Lipinski definition) is 1. The number of benzene rings is 1. The van der Waals surface area contributed by atoms with E-state index in [4.69, 9.17) is 16.3 Å². The molecule has 1 unspecified atom stereocenters. The molecular formula is C10H10ClNO2. The maximum absolute atomic E-state index is 11.3. The molecule has 1 aromatic rings. The highest BCUT2D eigenvalue weighted by molar-refractivity contribution is 6.31. The van der Waals surface area contributed by atoms with Crippen LogP contribution in [-0.4, -0.2) is 12.0 Å². The van der Waals surface area contributed by atoms with E-state index in [-0.39, 0.29) is 5.91 Å². The number of halogens is 1. The zero-order valence-corrected chi connectivity index (χ0v) is 8.68. The van der Waals surface area contributed by atoms with Crippen molar-refractivity contribution in [3.8, 4) is 5.75 Å². The first-order chi connectivity index (χ1) is 6.58. The summed E-state index contributed by atoms with van der Waals surface area (Å²) in [7, 11) is 0. The van der Waals surface area contributed by atoms with Gasteiger partial charge in [0.2, 0.25) is 0 Å². The number of carbonyl (C=O) groups excluding carboxylic acids is 1. The minimum absolute atomic E-state index is 0.126. The first kappa shape index (κ1) is 9.34. The molecule has 74 valence electrons. The summed E-state index contributed by atoms with van der Waals surface area (Å²) in [5.41, 5.74) is 1.61. The molecule has 1 atom stereocenters. The van der Waals surface area contributed by atoms with E-state index in [1.54, 1.807) is 19.1 Å². The Labute approximate surface area is 87.0 Å². The van der Waals surface area contributed by atoms with E-state index in [1.807, 2.05) is 6.92 Å². The summed E-state index contributed by atoms with van der Waals surface area (Å²) in [4.78, 5) is 11.3. The molecule has 1 aromatic carbocycles. The number of carbonyl (C=O) groups is 1. The molecule has 0 aliphatic carbocycles. The summed E-state index contributed by atoms with van der Waals surface area (Å²) < 4.78 is 5.38. The second-order valence-corrected chi connectivity index (χ2v) is 3.75. The molecule has 4 heteroatoms. The fraction of sp³-hybridized carbons (Fsp3) is 0.300. The minimum atomic E-state index is -0.457. The predicted octanol–water partition coefficient (Wildman–Crippen LogP) is 2.37. The summed E-state index contributed by atoms with van der Waals surface area (Å²) in [6, 6.07) is 3.53. The molecule has 2 rings (SSSR count). The Hall–Kier alpha value is -1.22. The van der Waals surface area contributed by atoms with Crippen LogP contribution in [0.2, 0.25) is 5.02 Å². The number of anilines is 1. The van der Waals surface area contributed by atoms with Crippen LogP contribution < -0.4 is 10.1 Å². The van der Waals surface area contributed by atoms with Crippen LogP contribution in [0.1, 0.15) is 12.5 Å². The zero-order chi connectivity index (χ0) is 10.3. The number of rotatable bonds is 0. The molecular weight excluding hydrogens is 202 g/mol. The average Bonchev–Trinajstić information content (AvgIpc) is 2.11. The molecule has 0 saturated heterocycles. The van der Waals surface area contributed by atoms with Crippen molar-refractivity contribution in [1.29, 1.82) is 0 Å². The van der Waals surface area contributed by atoms with Gasteiger partial charge >= 0.3 is 0 Å². The Bertz CT molecular complexity index is 403. The molecule has 0 fully saturated rings. The van der Waals surface area contributed by atoms with Gasteiger partial charge in [-0.2, -0.15) is 0 Å². The number of nitrogens with one attached hydrogen (secondary N) is 1. The normalized spacial score (nSPS) is 19.6. The standard InChI is InChI=1S/C10H10ClNO2/c1-5-3-8-9(4-7(5)11)14-6(2)10(13)12-8/h3-4,6H,1-2H3,(H,12,13). The van der Waals surface area contributed by atoms with Crippen molar-refractivity contribution in [3.63, 3.8) is 0 Å². The third-order valence-corrected chi connectivity index (χ3v) is 2.60. The summed E-state index contributed by atoms with van der Waals surface area (Å²) in [5, 5.41) is 3.40. The van der Waals surface area contributed by atoms with Crippen molar-refractivity contribution in [1.82, 2.24) is 0 Å². The van der Waals surface area contributed by atoms with E-state index in [2.05, 4.69) is 5.32 Å². The van der Waals surface area contributed by atoms with Crippen molar-refractivity contribution in [2.75, 3.05) is 5.32 Å². The quantitative estimate of drug-likeness (QED) is 0.716. The van der Waals surface area contributed by atoms with Crippen LogP contribution in [-0.2, 0) is 4.79 Å². The Balaban J connectivity index is 2.47. The Morgan fingerprint density at radius 1 is 1.50 bits per heavy atom. The van der Waals surface area contributed by atoms with Crippen LogP contribution in [0.5, 0.6) is 5.75 Å². The first-order valence-electron chi connectivity index (χ1n) is 4.35. The smallest absolute Gasteiger partial charge is 0.265 e. The summed E-state index contributed by atoms with van der Waals surface area (Å²) in [6.45, 7) is 3.58. The fourth-order valence-electron chi connectivity index (χ4n) is 1.34. The van der Waals surface area contributed by atoms with Gasteiger partial charge in [0.05, 0.1) is 5.69 Å². The van der Waals surface area contributed by atoms with Crippen molar-refractivity contribution in [2.45, 2.75) is 20.0 Å². The molecule has 0 radical (unpaired) electrons. The van der Waals surface area contributed by atoms with Gasteiger partial charge in [-0.3, -0.25) is 4.79 Å². The summed E-state index contributed by atoms with van der Waals surface area (Å²) in [5.74, 6) is 0.506. The van der Waals surface area contributed by atoms with Gasteiger partial charge in [-0.15, -0.1) is 0 Å². The number of amides is 1. The highest BCUT2D eigenvalue weighted by Crippen LogP contribution is 2.34. The van der Waals surface area contributed by atoms with E-state index >= 15 is 0 Å². The second-order valence-electron chi connectivity index (χ2n) is 3.35. The monoisotopic (exact) mass is 211 g/mol. The van der Waals surface area contributed by atoms with Gasteiger partial charge in [0, 0.05) is 11.1 Å². The highest BCUT2D eigenvalue weighted by Gasteiger charge is 2.23. The maximum Gasteiger partial charge on any atom is 0.265 e. The number of fused-ring (bicyclic) bond motifs is 1. The Morgan fingerprint density at radius 2 is 2.21 bits per heavy atom. The van der Waals surface area contributed by atoms with Gasteiger partial charge < -0.3 is 10.1 Å². The van der Waals surface area contributed by atoms with Gasteiger partial charge in [-0.25, -0.2) is 0 Å². The number of hydrogen-bond acceptors (Lipinski definition) is 2. The van der Waals surface area contributed by atoms with Crippen molar-refractivity contribution >= 4 is 23.2 Å². The molecule has 0 spiro atoms. The second kappa shape index (κ2) is 3.17. The van der Waals surface area contributed by atoms with E-state index in [0.717, 1.165) is 5.56 Å². The SMILES string of the molecule is Cc1cc2c(cc1Cl)OC(C)C(=O)N2. The largest absolute Gasteiger partial charge is 0.479 e. The lowest BCUT2D eigenvalue weighted by Gasteiger charge is -2.23. The van der Waals surface area contributed by atoms with Gasteiger partial charge in [0.1, 0.15) is 5.75 Å². The molecule has 1 amide bonds. The minimum Gasteiger partial charge on any atom is -0.479 e. The zero-order valence-electron chi connectivity index (χ0n) is 7.93. The topological polar surface area (TPSA) is 38.3 Å². The summed E-state index contributed by atoms with van der Waals surface area (Å²) in [6.07, 6.45) is -0.457. The number of ether oxygens (including phenoxy) is 1. The molecule has 1 aliphatic heterocycles. The molecule has 0 saturated carbocycles. The van der Waals surface area contributed by atoms with Crippen LogP contribution in [0, 0.1) is 6.92 Å². The van der Waals surface area contributed by atoms with Crippen molar-refractivity contribution in [3.05, 3.63) is 22.7 Å². The molecule has 14 heavy (non-hydrogen) atoms. The van der Waals surface area contributed by atoms with Crippen LogP contribution in [0.3, 0.4) is 0 Å².